The van der Waals surface area contributed by atoms with E-state index < -0.39 is 0 Å². The molecular formula is C20H16O3. The summed E-state index contributed by atoms with van der Waals surface area (Å²) in [7, 11) is 1.48. The minimum Gasteiger partial charge on any atom is -0.504 e. The van der Waals surface area contributed by atoms with Gasteiger partial charge >= 0.3 is 0 Å². The molecule has 0 saturated heterocycles. The number of ketones is 1. The van der Waals surface area contributed by atoms with E-state index in [2.05, 4.69) is 0 Å². The smallest absolute Gasteiger partial charge is 0.196 e. The molecule has 0 saturated carbocycles. The predicted octanol–water partition coefficient (Wildman–Crippen LogP) is 4.30. The molecule has 3 heteroatoms. The molecule has 0 spiro atoms. The van der Waals surface area contributed by atoms with Gasteiger partial charge in [0.2, 0.25) is 0 Å². The van der Waals surface area contributed by atoms with Gasteiger partial charge in [-0.2, -0.15) is 0 Å². The molecule has 3 nitrogen and oxygen atoms in total. The first-order chi connectivity index (χ1) is 11.2. The third-order valence-corrected chi connectivity index (χ3v) is 3.70. The lowest BCUT2D eigenvalue weighted by Crippen LogP contribution is -2.03. The zero-order chi connectivity index (χ0) is 16.2. The van der Waals surface area contributed by atoms with Crippen LogP contribution in [0.2, 0.25) is 0 Å². The van der Waals surface area contributed by atoms with E-state index in [0.717, 1.165) is 11.1 Å². The average Bonchev–Trinajstić information content (AvgIpc) is 2.62. The molecule has 3 aromatic rings. The number of hydrogen-bond acceptors (Lipinski definition) is 3. The van der Waals surface area contributed by atoms with Crippen molar-refractivity contribution < 1.29 is 14.6 Å². The highest BCUT2D eigenvalue weighted by Crippen LogP contribution is 2.40. The summed E-state index contributed by atoms with van der Waals surface area (Å²) in [4.78, 5) is 12.6. The van der Waals surface area contributed by atoms with Crippen molar-refractivity contribution in [1.82, 2.24) is 0 Å². The van der Waals surface area contributed by atoms with Crippen molar-refractivity contribution >= 4 is 5.78 Å². The molecule has 0 unspecified atom stereocenters. The number of benzene rings is 3. The SMILES string of the molecule is COc1c(-c2ccccc2)ccc(C(=O)c2ccccc2)c1O. The zero-order valence-electron chi connectivity index (χ0n) is 12.7. The van der Waals surface area contributed by atoms with Crippen LogP contribution in [0.25, 0.3) is 11.1 Å². The van der Waals surface area contributed by atoms with Gasteiger partial charge in [0.05, 0.1) is 12.7 Å². The van der Waals surface area contributed by atoms with Crippen LogP contribution in [0.4, 0.5) is 0 Å². The summed E-state index contributed by atoms with van der Waals surface area (Å²) < 4.78 is 5.36. The van der Waals surface area contributed by atoms with Crippen LogP contribution >= 0.6 is 0 Å². The van der Waals surface area contributed by atoms with Crippen LogP contribution in [0, 0.1) is 0 Å². The van der Waals surface area contributed by atoms with Crippen molar-refractivity contribution in [2.24, 2.45) is 0 Å². The maximum Gasteiger partial charge on any atom is 0.196 e. The maximum atomic E-state index is 12.6. The topological polar surface area (TPSA) is 46.5 Å². The summed E-state index contributed by atoms with van der Waals surface area (Å²) in [5.41, 5.74) is 2.42. The number of carbonyl (C=O) groups excluding carboxylic acids is 1. The molecule has 3 rings (SSSR count). The number of hydrogen-bond donors (Lipinski definition) is 1. The number of phenols is 1. The van der Waals surface area contributed by atoms with Gasteiger partial charge in [0.1, 0.15) is 0 Å². The first-order valence-corrected chi connectivity index (χ1v) is 7.27. The first kappa shape index (κ1) is 14.9. The quantitative estimate of drug-likeness (QED) is 0.731. The molecule has 0 aromatic heterocycles. The Kier molecular flexibility index (Phi) is 4.11. The zero-order valence-corrected chi connectivity index (χ0v) is 12.7. The molecule has 3 aromatic carbocycles. The van der Waals surface area contributed by atoms with Crippen LogP contribution in [0.1, 0.15) is 15.9 Å². The molecule has 0 aliphatic heterocycles. The Morgan fingerprint density at radius 2 is 1.48 bits per heavy atom. The van der Waals surface area contributed by atoms with Gasteiger partial charge in [-0.05, 0) is 17.7 Å². The summed E-state index contributed by atoms with van der Waals surface area (Å²) in [5.74, 6) is -0.0679. The van der Waals surface area contributed by atoms with E-state index in [4.69, 9.17) is 4.74 Å². The standard InChI is InChI=1S/C20H16O3/c1-23-20-16(14-8-4-2-5-9-14)12-13-17(19(20)22)18(21)15-10-6-3-7-11-15/h2-13,22H,1H3. The number of ether oxygens (including phenoxy) is 1. The molecule has 0 heterocycles. The molecule has 0 amide bonds. The van der Waals surface area contributed by atoms with Gasteiger partial charge in [-0.15, -0.1) is 0 Å². The minimum absolute atomic E-state index is 0.136. The van der Waals surface area contributed by atoms with Crippen LogP contribution in [0.5, 0.6) is 11.5 Å². The lowest BCUT2D eigenvalue weighted by molar-refractivity contribution is 0.103. The van der Waals surface area contributed by atoms with E-state index in [1.165, 1.54) is 7.11 Å². The minimum atomic E-state index is -0.235. The van der Waals surface area contributed by atoms with Crippen molar-refractivity contribution in [3.63, 3.8) is 0 Å². The molecule has 23 heavy (non-hydrogen) atoms. The Morgan fingerprint density at radius 3 is 2.09 bits per heavy atom. The molecule has 0 bridgehead atoms. The van der Waals surface area contributed by atoms with Crippen molar-refractivity contribution in [2.75, 3.05) is 7.11 Å². The summed E-state index contributed by atoms with van der Waals surface area (Å²) >= 11 is 0. The van der Waals surface area contributed by atoms with Crippen LogP contribution < -0.4 is 4.74 Å². The molecular weight excluding hydrogens is 288 g/mol. The fourth-order valence-corrected chi connectivity index (χ4v) is 2.55. The van der Waals surface area contributed by atoms with E-state index >= 15 is 0 Å². The number of phenolic OH excluding ortho intramolecular Hbond substituents is 1. The van der Waals surface area contributed by atoms with Crippen molar-refractivity contribution in [3.05, 3.63) is 83.9 Å². The van der Waals surface area contributed by atoms with Gasteiger partial charge in [-0.25, -0.2) is 0 Å². The van der Waals surface area contributed by atoms with Gasteiger partial charge in [0.15, 0.2) is 17.3 Å². The van der Waals surface area contributed by atoms with Gasteiger partial charge < -0.3 is 9.84 Å². The Hall–Kier alpha value is -3.07. The lowest BCUT2D eigenvalue weighted by atomic mass is 9.97. The van der Waals surface area contributed by atoms with Crippen LogP contribution in [0.3, 0.4) is 0 Å². The molecule has 0 aliphatic carbocycles. The Morgan fingerprint density at radius 1 is 0.870 bits per heavy atom. The Bertz CT molecular complexity index is 824. The fraction of sp³-hybridized carbons (Fsp3) is 0.0500. The maximum absolute atomic E-state index is 12.6. The largest absolute Gasteiger partial charge is 0.504 e. The second-order valence-electron chi connectivity index (χ2n) is 5.10. The second kappa shape index (κ2) is 6.36. The molecule has 114 valence electrons. The van der Waals surface area contributed by atoms with Crippen LogP contribution in [-0.4, -0.2) is 18.0 Å². The van der Waals surface area contributed by atoms with Crippen molar-refractivity contribution in [1.29, 1.82) is 0 Å². The molecule has 0 aliphatic rings. The van der Waals surface area contributed by atoms with Crippen LogP contribution in [-0.2, 0) is 0 Å². The molecule has 0 fully saturated rings. The Balaban J connectivity index is 2.10. The van der Waals surface area contributed by atoms with E-state index in [1.54, 1.807) is 36.4 Å². The third-order valence-electron chi connectivity index (χ3n) is 3.70. The lowest BCUT2D eigenvalue weighted by Gasteiger charge is -2.13. The van der Waals surface area contributed by atoms with Gasteiger partial charge in [0.25, 0.3) is 0 Å². The summed E-state index contributed by atoms with van der Waals surface area (Å²) in [6, 6.07) is 21.9. The van der Waals surface area contributed by atoms with Gasteiger partial charge in [-0.3, -0.25) is 4.79 Å². The second-order valence-corrected chi connectivity index (χ2v) is 5.10. The van der Waals surface area contributed by atoms with E-state index in [0.29, 0.717) is 11.3 Å². The fourth-order valence-electron chi connectivity index (χ4n) is 2.55. The first-order valence-electron chi connectivity index (χ1n) is 7.27. The summed E-state index contributed by atoms with van der Waals surface area (Å²) in [6.07, 6.45) is 0. The number of carbonyl (C=O) groups is 1. The summed E-state index contributed by atoms with van der Waals surface area (Å²) in [5, 5.41) is 10.5. The predicted molar refractivity (Wildman–Crippen MR) is 90.0 cm³/mol. The third kappa shape index (κ3) is 2.81. The van der Waals surface area contributed by atoms with Gasteiger partial charge in [0, 0.05) is 11.1 Å². The Labute approximate surface area is 134 Å². The average molecular weight is 304 g/mol. The molecule has 1 N–H and O–H groups in total. The monoisotopic (exact) mass is 304 g/mol. The highest BCUT2D eigenvalue weighted by Gasteiger charge is 2.20. The van der Waals surface area contributed by atoms with Crippen molar-refractivity contribution in [2.45, 2.75) is 0 Å². The van der Waals surface area contributed by atoms with E-state index in [9.17, 15) is 9.90 Å². The highest BCUT2D eigenvalue weighted by molar-refractivity contribution is 6.11. The van der Waals surface area contributed by atoms with E-state index in [-0.39, 0.29) is 17.1 Å². The molecule has 0 radical (unpaired) electrons. The van der Waals surface area contributed by atoms with E-state index in [1.807, 2.05) is 36.4 Å². The normalized spacial score (nSPS) is 10.3. The van der Waals surface area contributed by atoms with Crippen LogP contribution in [0.15, 0.2) is 72.8 Å². The van der Waals surface area contributed by atoms with Gasteiger partial charge in [-0.1, -0.05) is 60.7 Å². The summed E-state index contributed by atoms with van der Waals surface area (Å²) in [6.45, 7) is 0. The highest BCUT2D eigenvalue weighted by atomic mass is 16.5. The number of rotatable bonds is 4. The molecule has 0 atom stereocenters. The number of methoxy groups -OCH3 is 1. The number of aromatic hydroxyl groups is 1. The van der Waals surface area contributed by atoms with Crippen molar-refractivity contribution in [3.8, 4) is 22.6 Å².